The first-order valence-corrected chi connectivity index (χ1v) is 9.00. The molecule has 1 saturated carbocycles. The van der Waals surface area contributed by atoms with Crippen molar-refractivity contribution >= 4 is 11.8 Å². The summed E-state index contributed by atoms with van der Waals surface area (Å²) in [7, 11) is 1.77. The van der Waals surface area contributed by atoms with E-state index in [1.54, 1.807) is 11.9 Å². The summed E-state index contributed by atoms with van der Waals surface area (Å²) in [6.07, 6.45) is 1.94. The summed E-state index contributed by atoms with van der Waals surface area (Å²) in [5, 5.41) is 13.8. The molecule has 1 aliphatic heterocycles. The van der Waals surface area contributed by atoms with E-state index in [-0.39, 0.29) is 23.9 Å². The molecule has 1 heterocycles. The Morgan fingerprint density at radius 2 is 2.08 bits per heavy atom. The lowest BCUT2D eigenvalue weighted by molar-refractivity contribution is -0.127. The number of carbonyl (C=O) groups excluding carboxylic acids is 2. The number of aryl methyl sites for hydroxylation is 1. The predicted molar refractivity (Wildman–Crippen MR) is 95.3 cm³/mol. The Kier molecular flexibility index (Phi) is 5.39. The highest BCUT2D eigenvalue weighted by Gasteiger charge is 2.40. The number of nitrogens with zero attached hydrogens (tertiary/aromatic N) is 2. The van der Waals surface area contributed by atoms with E-state index in [0.29, 0.717) is 18.7 Å². The van der Waals surface area contributed by atoms with E-state index in [1.807, 2.05) is 31.2 Å². The molecule has 0 spiro atoms. The highest BCUT2D eigenvalue weighted by Crippen LogP contribution is 2.28. The average Bonchev–Trinajstić information content (AvgIpc) is 2.61. The van der Waals surface area contributed by atoms with Crippen LogP contribution in [-0.4, -0.2) is 71.6 Å². The molecule has 6 nitrogen and oxygen atoms in total. The maximum atomic E-state index is 12.9. The summed E-state index contributed by atoms with van der Waals surface area (Å²) >= 11 is 0. The lowest BCUT2D eigenvalue weighted by Crippen LogP contribution is -2.61. The maximum Gasteiger partial charge on any atom is 0.254 e. The van der Waals surface area contributed by atoms with Gasteiger partial charge in [-0.1, -0.05) is 18.2 Å². The summed E-state index contributed by atoms with van der Waals surface area (Å²) in [6, 6.07) is 7.23. The van der Waals surface area contributed by atoms with Gasteiger partial charge in [0.2, 0.25) is 5.91 Å². The smallest absolute Gasteiger partial charge is 0.254 e. The molecule has 25 heavy (non-hydrogen) atoms. The van der Waals surface area contributed by atoms with Gasteiger partial charge in [-0.25, -0.2) is 0 Å². The van der Waals surface area contributed by atoms with Crippen molar-refractivity contribution in [2.24, 2.45) is 0 Å². The third kappa shape index (κ3) is 3.70. The Morgan fingerprint density at radius 3 is 2.80 bits per heavy atom. The van der Waals surface area contributed by atoms with E-state index < -0.39 is 6.10 Å². The van der Waals surface area contributed by atoms with Crippen LogP contribution in [0, 0.1) is 6.92 Å². The van der Waals surface area contributed by atoms with Crippen LogP contribution >= 0.6 is 0 Å². The van der Waals surface area contributed by atoms with Gasteiger partial charge in [-0.05, 0) is 37.8 Å². The number of hydrogen-bond donors (Lipinski definition) is 2. The summed E-state index contributed by atoms with van der Waals surface area (Å²) in [6.45, 7) is 3.61. The Hall–Kier alpha value is -1.92. The zero-order valence-electron chi connectivity index (χ0n) is 14.9. The maximum absolute atomic E-state index is 12.9. The quantitative estimate of drug-likeness (QED) is 0.849. The number of benzene rings is 1. The molecule has 2 N–H and O–H groups in total. The zero-order chi connectivity index (χ0) is 18.0. The first-order valence-electron chi connectivity index (χ1n) is 9.00. The molecule has 3 rings (SSSR count). The number of rotatable bonds is 3. The third-order valence-electron chi connectivity index (χ3n) is 5.52. The standard InChI is InChI=1S/C19H27N3O3/c1-13-6-3-4-7-14(13)19(25)21(2)15-8-5-9-16(18(15)24)22-11-10-20-17(23)12-22/h3-4,6-7,15-16,18,24H,5,8-12H2,1-2H3,(H,20,23)/t15-,16-,18-/m1/s1. The van der Waals surface area contributed by atoms with Gasteiger partial charge < -0.3 is 15.3 Å². The van der Waals surface area contributed by atoms with Crippen LogP contribution in [0.3, 0.4) is 0 Å². The molecular weight excluding hydrogens is 318 g/mol. The van der Waals surface area contributed by atoms with Crippen LogP contribution < -0.4 is 5.32 Å². The lowest BCUT2D eigenvalue weighted by atomic mass is 9.85. The fraction of sp³-hybridized carbons (Fsp3) is 0.579. The van der Waals surface area contributed by atoms with Gasteiger partial charge in [0, 0.05) is 31.7 Å². The third-order valence-corrected chi connectivity index (χ3v) is 5.52. The van der Waals surface area contributed by atoms with Crippen LogP contribution in [0.1, 0.15) is 35.2 Å². The second-order valence-electron chi connectivity index (χ2n) is 7.11. The highest BCUT2D eigenvalue weighted by molar-refractivity contribution is 5.95. The van der Waals surface area contributed by atoms with Crippen LogP contribution in [0.4, 0.5) is 0 Å². The van der Waals surface area contributed by atoms with Crippen molar-refractivity contribution < 1.29 is 14.7 Å². The molecule has 3 atom stereocenters. The Bertz CT molecular complexity index is 649. The first-order chi connectivity index (χ1) is 12.0. The second-order valence-corrected chi connectivity index (χ2v) is 7.11. The second kappa shape index (κ2) is 7.54. The van der Waals surface area contributed by atoms with Gasteiger partial charge in [-0.15, -0.1) is 0 Å². The van der Waals surface area contributed by atoms with Crippen molar-refractivity contribution in [1.82, 2.24) is 15.1 Å². The molecule has 1 aliphatic carbocycles. The van der Waals surface area contributed by atoms with E-state index in [1.165, 1.54) is 0 Å². The van der Waals surface area contributed by atoms with Gasteiger partial charge in [0.15, 0.2) is 0 Å². The molecule has 2 fully saturated rings. The van der Waals surface area contributed by atoms with E-state index in [0.717, 1.165) is 31.4 Å². The highest BCUT2D eigenvalue weighted by atomic mass is 16.3. The summed E-state index contributed by atoms with van der Waals surface area (Å²) in [4.78, 5) is 28.3. The van der Waals surface area contributed by atoms with Gasteiger partial charge in [0.25, 0.3) is 5.91 Å². The normalized spacial score (nSPS) is 27.6. The van der Waals surface area contributed by atoms with Crippen molar-refractivity contribution in [1.29, 1.82) is 0 Å². The number of amides is 2. The number of hydrogen-bond acceptors (Lipinski definition) is 4. The van der Waals surface area contributed by atoms with Gasteiger partial charge >= 0.3 is 0 Å². The predicted octanol–water partition coefficient (Wildman–Crippen LogP) is 0.781. The Morgan fingerprint density at radius 1 is 1.32 bits per heavy atom. The van der Waals surface area contributed by atoms with Gasteiger partial charge in [0.1, 0.15) is 0 Å². The molecule has 1 saturated heterocycles. The minimum absolute atomic E-state index is 0.00455. The average molecular weight is 345 g/mol. The molecule has 136 valence electrons. The molecule has 0 aromatic heterocycles. The minimum Gasteiger partial charge on any atom is -0.389 e. The largest absolute Gasteiger partial charge is 0.389 e. The first kappa shape index (κ1) is 17.9. The molecule has 0 bridgehead atoms. The molecule has 2 amide bonds. The van der Waals surface area contributed by atoms with E-state index in [2.05, 4.69) is 10.2 Å². The van der Waals surface area contributed by atoms with Crippen LogP contribution in [0.2, 0.25) is 0 Å². The zero-order valence-corrected chi connectivity index (χ0v) is 14.9. The monoisotopic (exact) mass is 345 g/mol. The van der Waals surface area contributed by atoms with Gasteiger partial charge in [0.05, 0.1) is 18.7 Å². The Balaban J connectivity index is 1.74. The number of nitrogens with one attached hydrogen (secondary N) is 1. The van der Waals surface area contributed by atoms with Crippen LogP contribution in [-0.2, 0) is 4.79 Å². The molecular formula is C19H27N3O3. The van der Waals surface area contributed by atoms with Crippen LogP contribution in [0.5, 0.6) is 0 Å². The van der Waals surface area contributed by atoms with Crippen LogP contribution in [0.15, 0.2) is 24.3 Å². The van der Waals surface area contributed by atoms with Crippen molar-refractivity contribution in [2.45, 2.75) is 44.4 Å². The number of aliphatic hydroxyl groups excluding tert-OH is 1. The van der Waals surface area contributed by atoms with E-state index >= 15 is 0 Å². The van der Waals surface area contributed by atoms with E-state index in [9.17, 15) is 14.7 Å². The van der Waals surface area contributed by atoms with Crippen molar-refractivity contribution in [3.63, 3.8) is 0 Å². The molecule has 0 radical (unpaired) electrons. The fourth-order valence-electron chi connectivity index (χ4n) is 4.05. The topological polar surface area (TPSA) is 72.9 Å². The van der Waals surface area contributed by atoms with Gasteiger partial charge in [-0.3, -0.25) is 14.5 Å². The number of aliphatic hydroxyl groups is 1. The van der Waals surface area contributed by atoms with Crippen molar-refractivity contribution in [2.75, 3.05) is 26.7 Å². The molecule has 6 heteroatoms. The number of carbonyl (C=O) groups is 2. The number of piperazine rings is 1. The molecule has 1 aromatic carbocycles. The minimum atomic E-state index is -0.641. The molecule has 1 aromatic rings. The van der Waals surface area contributed by atoms with E-state index in [4.69, 9.17) is 0 Å². The SMILES string of the molecule is Cc1ccccc1C(=O)N(C)[C@@H]1CCC[C@@H](N2CCNC(=O)C2)[C@@H]1O. The van der Waals surface area contributed by atoms with Gasteiger partial charge in [-0.2, -0.15) is 0 Å². The molecule has 0 unspecified atom stereocenters. The van der Waals surface area contributed by atoms with Crippen molar-refractivity contribution in [3.8, 4) is 0 Å². The van der Waals surface area contributed by atoms with Crippen LogP contribution in [0.25, 0.3) is 0 Å². The number of likely N-dealkylation sites (N-methyl/N-ethyl adjacent to an activating group) is 1. The van der Waals surface area contributed by atoms with Crippen molar-refractivity contribution in [3.05, 3.63) is 35.4 Å². The summed E-state index contributed by atoms with van der Waals surface area (Å²) in [5.41, 5.74) is 1.62. The fourth-order valence-corrected chi connectivity index (χ4v) is 4.05. The summed E-state index contributed by atoms with van der Waals surface area (Å²) in [5.74, 6) is -0.0518. The lowest BCUT2D eigenvalue weighted by Gasteiger charge is -2.45. The Labute approximate surface area is 148 Å². The summed E-state index contributed by atoms with van der Waals surface area (Å²) < 4.78 is 0. The molecule has 2 aliphatic rings.